The van der Waals surface area contributed by atoms with Gasteiger partial charge in [0.15, 0.2) is 0 Å². The summed E-state index contributed by atoms with van der Waals surface area (Å²) in [5.41, 5.74) is 5.52. The molecular weight excluding hydrogens is 214 g/mol. The quantitative estimate of drug-likeness (QED) is 0.623. The summed E-state index contributed by atoms with van der Waals surface area (Å²) in [4.78, 5) is 11.4. The minimum Gasteiger partial charge on any atom is -0.352 e. The molecule has 2 fully saturated rings. The Morgan fingerprint density at radius 2 is 2.20 bits per heavy atom. The van der Waals surface area contributed by atoms with Gasteiger partial charge in [0.2, 0.25) is 5.91 Å². The molecule has 1 amide bonds. The molecular formula is C10H20ClN3O. The third-order valence-corrected chi connectivity index (χ3v) is 3.50. The van der Waals surface area contributed by atoms with E-state index in [4.69, 9.17) is 5.73 Å². The maximum absolute atomic E-state index is 11.4. The molecule has 3 unspecified atom stereocenters. The van der Waals surface area contributed by atoms with Gasteiger partial charge in [-0.25, -0.2) is 0 Å². The normalized spacial score (nSPS) is 35.5. The molecule has 88 valence electrons. The van der Waals surface area contributed by atoms with Crippen molar-refractivity contribution in [3.63, 3.8) is 0 Å². The highest BCUT2D eigenvalue weighted by Gasteiger charge is 2.39. The molecule has 1 aliphatic heterocycles. The van der Waals surface area contributed by atoms with Crippen molar-refractivity contribution in [2.75, 3.05) is 13.1 Å². The average molecular weight is 234 g/mol. The Morgan fingerprint density at radius 3 is 2.87 bits per heavy atom. The van der Waals surface area contributed by atoms with Gasteiger partial charge < -0.3 is 16.4 Å². The number of hydrogen-bond donors (Lipinski definition) is 3. The van der Waals surface area contributed by atoms with Crippen molar-refractivity contribution < 1.29 is 4.79 Å². The topological polar surface area (TPSA) is 67.2 Å². The molecule has 1 aliphatic carbocycles. The SMILES string of the molecule is C[C@H](N)C(=O)NC1CCC2CNCC21.Cl. The van der Waals surface area contributed by atoms with Crippen LogP contribution in [0.1, 0.15) is 19.8 Å². The zero-order chi connectivity index (χ0) is 10.1. The van der Waals surface area contributed by atoms with Crippen molar-refractivity contribution >= 4 is 18.3 Å². The van der Waals surface area contributed by atoms with Crippen molar-refractivity contribution in [2.45, 2.75) is 31.8 Å². The Balaban J connectivity index is 0.00000112. The third-order valence-electron chi connectivity index (χ3n) is 3.50. The molecule has 0 aromatic rings. The van der Waals surface area contributed by atoms with Crippen LogP contribution in [0.3, 0.4) is 0 Å². The second kappa shape index (κ2) is 5.14. The monoisotopic (exact) mass is 233 g/mol. The molecule has 0 aromatic carbocycles. The molecule has 0 radical (unpaired) electrons. The fraction of sp³-hybridized carbons (Fsp3) is 0.900. The molecule has 4 atom stereocenters. The summed E-state index contributed by atoms with van der Waals surface area (Å²) in [6, 6.07) is -0.0306. The van der Waals surface area contributed by atoms with E-state index in [9.17, 15) is 4.79 Å². The van der Waals surface area contributed by atoms with Crippen LogP contribution in [0.4, 0.5) is 0 Å². The van der Waals surface area contributed by atoms with Crippen molar-refractivity contribution in [2.24, 2.45) is 17.6 Å². The fourth-order valence-electron chi connectivity index (χ4n) is 2.64. The molecule has 0 aromatic heterocycles. The van der Waals surface area contributed by atoms with E-state index in [0.29, 0.717) is 12.0 Å². The molecule has 1 saturated heterocycles. The number of hydrogen-bond acceptors (Lipinski definition) is 3. The van der Waals surface area contributed by atoms with Gasteiger partial charge in [0.1, 0.15) is 0 Å². The van der Waals surface area contributed by atoms with Gasteiger partial charge in [0.25, 0.3) is 0 Å². The summed E-state index contributed by atoms with van der Waals surface area (Å²) < 4.78 is 0. The van der Waals surface area contributed by atoms with Crippen molar-refractivity contribution in [3.05, 3.63) is 0 Å². The van der Waals surface area contributed by atoms with Crippen LogP contribution >= 0.6 is 12.4 Å². The second-order valence-corrected chi connectivity index (χ2v) is 4.56. The highest BCUT2D eigenvalue weighted by molar-refractivity contribution is 5.85. The zero-order valence-electron chi connectivity index (χ0n) is 9.03. The summed E-state index contributed by atoms with van der Waals surface area (Å²) >= 11 is 0. The smallest absolute Gasteiger partial charge is 0.236 e. The highest BCUT2D eigenvalue weighted by atomic mass is 35.5. The number of nitrogens with two attached hydrogens (primary N) is 1. The first-order chi connectivity index (χ1) is 6.68. The van der Waals surface area contributed by atoms with Gasteiger partial charge in [-0.05, 0) is 38.1 Å². The van der Waals surface area contributed by atoms with Crippen molar-refractivity contribution in [1.82, 2.24) is 10.6 Å². The van der Waals surface area contributed by atoms with E-state index >= 15 is 0 Å². The molecule has 2 rings (SSSR count). The van der Waals surface area contributed by atoms with Crippen LogP contribution in [-0.4, -0.2) is 31.1 Å². The first kappa shape index (κ1) is 12.7. The Bertz CT molecular complexity index is 235. The molecule has 4 N–H and O–H groups in total. The van der Waals surface area contributed by atoms with Crippen molar-refractivity contribution in [1.29, 1.82) is 0 Å². The summed E-state index contributed by atoms with van der Waals surface area (Å²) in [5, 5.41) is 6.42. The van der Waals surface area contributed by atoms with E-state index in [1.54, 1.807) is 6.92 Å². The van der Waals surface area contributed by atoms with E-state index < -0.39 is 0 Å². The fourth-order valence-corrected chi connectivity index (χ4v) is 2.64. The van der Waals surface area contributed by atoms with Gasteiger partial charge in [0, 0.05) is 12.6 Å². The third kappa shape index (κ3) is 2.62. The molecule has 2 aliphatic rings. The number of rotatable bonds is 2. The van der Waals surface area contributed by atoms with Crippen LogP contribution in [0.15, 0.2) is 0 Å². The minimum atomic E-state index is -0.386. The largest absolute Gasteiger partial charge is 0.352 e. The van der Waals surface area contributed by atoms with Crippen LogP contribution in [0.5, 0.6) is 0 Å². The van der Waals surface area contributed by atoms with Gasteiger partial charge in [-0.2, -0.15) is 0 Å². The first-order valence-electron chi connectivity index (χ1n) is 5.45. The number of fused-ring (bicyclic) bond motifs is 1. The lowest BCUT2D eigenvalue weighted by Gasteiger charge is -2.20. The Labute approximate surface area is 96.8 Å². The lowest BCUT2D eigenvalue weighted by Crippen LogP contribution is -2.46. The maximum Gasteiger partial charge on any atom is 0.236 e. The predicted molar refractivity (Wildman–Crippen MR) is 61.9 cm³/mol. The molecule has 0 spiro atoms. The number of carbonyl (C=O) groups is 1. The Hall–Kier alpha value is -0.320. The summed E-state index contributed by atoms with van der Waals surface area (Å²) in [7, 11) is 0. The van der Waals surface area contributed by atoms with E-state index in [1.807, 2.05) is 0 Å². The summed E-state index contributed by atoms with van der Waals surface area (Å²) in [6.07, 6.45) is 2.36. The number of amides is 1. The van der Waals surface area contributed by atoms with Crippen LogP contribution < -0.4 is 16.4 Å². The molecule has 0 bridgehead atoms. The molecule has 4 nitrogen and oxygen atoms in total. The summed E-state index contributed by atoms with van der Waals surface area (Å²) in [5.74, 6) is 1.40. The highest BCUT2D eigenvalue weighted by Crippen LogP contribution is 2.34. The Morgan fingerprint density at radius 1 is 1.47 bits per heavy atom. The van der Waals surface area contributed by atoms with E-state index in [2.05, 4.69) is 10.6 Å². The molecule has 15 heavy (non-hydrogen) atoms. The minimum absolute atomic E-state index is 0. The van der Waals surface area contributed by atoms with E-state index in [0.717, 1.165) is 25.4 Å². The number of nitrogens with one attached hydrogen (secondary N) is 2. The second-order valence-electron chi connectivity index (χ2n) is 4.56. The van der Waals surface area contributed by atoms with Crippen LogP contribution in [0.2, 0.25) is 0 Å². The lowest BCUT2D eigenvalue weighted by atomic mass is 9.97. The van der Waals surface area contributed by atoms with E-state index in [1.165, 1.54) is 6.42 Å². The van der Waals surface area contributed by atoms with Gasteiger partial charge in [-0.3, -0.25) is 4.79 Å². The number of carbonyl (C=O) groups excluding carboxylic acids is 1. The van der Waals surface area contributed by atoms with Crippen LogP contribution in [0.25, 0.3) is 0 Å². The Kier molecular flexibility index (Phi) is 4.37. The van der Waals surface area contributed by atoms with Gasteiger partial charge in [-0.1, -0.05) is 0 Å². The first-order valence-corrected chi connectivity index (χ1v) is 5.45. The predicted octanol–water partition coefficient (Wildman–Crippen LogP) is -0.130. The molecule has 5 heteroatoms. The molecule has 1 saturated carbocycles. The van der Waals surface area contributed by atoms with Crippen LogP contribution in [0, 0.1) is 11.8 Å². The van der Waals surface area contributed by atoms with Gasteiger partial charge in [0.05, 0.1) is 6.04 Å². The maximum atomic E-state index is 11.4. The zero-order valence-corrected chi connectivity index (χ0v) is 9.85. The van der Waals surface area contributed by atoms with Gasteiger partial charge in [-0.15, -0.1) is 12.4 Å². The van der Waals surface area contributed by atoms with E-state index in [-0.39, 0.29) is 24.4 Å². The number of halogens is 1. The van der Waals surface area contributed by atoms with Gasteiger partial charge >= 0.3 is 0 Å². The van der Waals surface area contributed by atoms with Crippen molar-refractivity contribution in [3.8, 4) is 0 Å². The molecule has 1 heterocycles. The average Bonchev–Trinajstić information content (AvgIpc) is 2.69. The van der Waals surface area contributed by atoms with Crippen LogP contribution in [-0.2, 0) is 4.79 Å². The summed E-state index contributed by atoms with van der Waals surface area (Å²) in [6.45, 7) is 3.90. The standard InChI is InChI=1S/C10H19N3O.ClH/c1-6(11)10(14)13-9-3-2-7-4-12-5-8(7)9;/h6-9,12H,2-5,11H2,1H3,(H,13,14);1H/t6-,7?,8?,9?;/m0./s1. The lowest BCUT2D eigenvalue weighted by molar-refractivity contribution is -0.122.